The standard InChI is InChI=1S/C46H31NO/c1-4-12-32(13-5-1)33-20-25-38(26-21-33)47(37-16-8-3-9-17-37)39-27-22-34(23-28-39)36-24-29-44-43(30-36)46-41-19-11-10-18-40(41)42(31-45(46)48-44)35-14-6-2-7-15-35/h1-31H. The third-order valence-corrected chi connectivity index (χ3v) is 9.27. The van der Waals surface area contributed by atoms with Crippen molar-refractivity contribution in [2.24, 2.45) is 0 Å². The highest BCUT2D eigenvalue weighted by Gasteiger charge is 2.17. The largest absolute Gasteiger partial charge is 0.456 e. The summed E-state index contributed by atoms with van der Waals surface area (Å²) in [6, 6.07) is 66.7. The molecule has 0 amide bonds. The van der Waals surface area contributed by atoms with Crippen molar-refractivity contribution in [1.82, 2.24) is 0 Å². The molecule has 8 aromatic carbocycles. The predicted molar refractivity (Wildman–Crippen MR) is 202 cm³/mol. The summed E-state index contributed by atoms with van der Waals surface area (Å²) in [7, 11) is 0. The molecule has 48 heavy (non-hydrogen) atoms. The lowest BCUT2D eigenvalue weighted by molar-refractivity contribution is 0.669. The first-order chi connectivity index (χ1) is 23.8. The zero-order valence-electron chi connectivity index (χ0n) is 26.3. The summed E-state index contributed by atoms with van der Waals surface area (Å²) < 4.78 is 6.49. The molecule has 226 valence electrons. The first-order valence-corrected chi connectivity index (χ1v) is 16.3. The van der Waals surface area contributed by atoms with E-state index in [1.807, 2.05) is 0 Å². The molecule has 0 aliphatic rings. The minimum atomic E-state index is 0.898. The number of hydrogen-bond donors (Lipinski definition) is 0. The Morgan fingerprint density at radius 3 is 1.44 bits per heavy atom. The van der Waals surface area contributed by atoms with Crippen LogP contribution in [0.1, 0.15) is 0 Å². The SMILES string of the molecule is c1ccc(-c2ccc(N(c3ccccc3)c3ccc(-c4ccc5oc6cc(-c7ccccc7)c7ccccc7c6c5c4)cc3)cc2)cc1. The second-order valence-corrected chi connectivity index (χ2v) is 12.2. The number of nitrogens with zero attached hydrogens (tertiary/aromatic N) is 1. The van der Waals surface area contributed by atoms with Crippen LogP contribution in [-0.2, 0) is 0 Å². The van der Waals surface area contributed by atoms with Gasteiger partial charge in [-0.25, -0.2) is 0 Å². The number of anilines is 3. The van der Waals surface area contributed by atoms with Crippen LogP contribution in [0.4, 0.5) is 17.1 Å². The van der Waals surface area contributed by atoms with Gasteiger partial charge < -0.3 is 9.32 Å². The lowest BCUT2D eigenvalue weighted by atomic mass is 9.94. The smallest absolute Gasteiger partial charge is 0.136 e. The van der Waals surface area contributed by atoms with E-state index in [-0.39, 0.29) is 0 Å². The van der Waals surface area contributed by atoms with E-state index in [2.05, 4.69) is 193 Å². The molecule has 0 atom stereocenters. The molecule has 0 aliphatic heterocycles. The van der Waals surface area contributed by atoms with Crippen LogP contribution in [0.3, 0.4) is 0 Å². The molecule has 0 saturated carbocycles. The molecule has 0 spiro atoms. The lowest BCUT2D eigenvalue weighted by Crippen LogP contribution is -2.09. The Kier molecular flexibility index (Phi) is 6.84. The minimum absolute atomic E-state index is 0.898. The summed E-state index contributed by atoms with van der Waals surface area (Å²) in [5, 5.41) is 4.73. The summed E-state index contributed by atoms with van der Waals surface area (Å²) in [4.78, 5) is 2.31. The van der Waals surface area contributed by atoms with Gasteiger partial charge >= 0.3 is 0 Å². The van der Waals surface area contributed by atoms with Gasteiger partial charge in [0.25, 0.3) is 0 Å². The van der Waals surface area contributed by atoms with Crippen molar-refractivity contribution < 1.29 is 4.42 Å². The van der Waals surface area contributed by atoms with E-state index in [1.54, 1.807) is 0 Å². The first kappa shape index (κ1) is 27.9. The van der Waals surface area contributed by atoms with Gasteiger partial charge in [0.2, 0.25) is 0 Å². The molecule has 0 bridgehead atoms. The van der Waals surface area contributed by atoms with Crippen LogP contribution in [0, 0.1) is 0 Å². The van der Waals surface area contributed by atoms with Crippen LogP contribution in [-0.4, -0.2) is 0 Å². The van der Waals surface area contributed by atoms with Crippen LogP contribution in [0.2, 0.25) is 0 Å². The number of para-hydroxylation sites is 1. The van der Waals surface area contributed by atoms with Crippen LogP contribution in [0.5, 0.6) is 0 Å². The maximum atomic E-state index is 6.49. The van der Waals surface area contributed by atoms with Crippen molar-refractivity contribution in [2.45, 2.75) is 0 Å². The predicted octanol–water partition coefficient (Wildman–Crippen LogP) is 13.2. The Labute approximate surface area is 279 Å². The van der Waals surface area contributed by atoms with Crippen molar-refractivity contribution in [3.63, 3.8) is 0 Å². The fourth-order valence-corrected chi connectivity index (χ4v) is 6.94. The summed E-state index contributed by atoms with van der Waals surface area (Å²) in [5.74, 6) is 0. The fraction of sp³-hybridized carbons (Fsp3) is 0. The van der Waals surface area contributed by atoms with Gasteiger partial charge in [0.1, 0.15) is 11.2 Å². The summed E-state index contributed by atoms with van der Waals surface area (Å²) >= 11 is 0. The zero-order valence-corrected chi connectivity index (χ0v) is 26.3. The molecule has 0 saturated heterocycles. The number of hydrogen-bond acceptors (Lipinski definition) is 2. The van der Waals surface area contributed by atoms with Gasteiger partial charge in [-0.2, -0.15) is 0 Å². The van der Waals surface area contributed by atoms with Crippen LogP contribution >= 0.6 is 0 Å². The maximum Gasteiger partial charge on any atom is 0.136 e. The highest BCUT2D eigenvalue weighted by molar-refractivity contribution is 6.22. The van der Waals surface area contributed by atoms with Gasteiger partial charge in [-0.3, -0.25) is 0 Å². The van der Waals surface area contributed by atoms with Crippen LogP contribution < -0.4 is 4.90 Å². The summed E-state index contributed by atoms with van der Waals surface area (Å²) in [6.07, 6.45) is 0. The second-order valence-electron chi connectivity index (χ2n) is 12.2. The van der Waals surface area contributed by atoms with E-state index >= 15 is 0 Å². The molecule has 0 unspecified atom stereocenters. The number of fused-ring (bicyclic) bond motifs is 5. The van der Waals surface area contributed by atoms with Crippen molar-refractivity contribution in [2.75, 3.05) is 4.90 Å². The molecule has 1 aromatic heterocycles. The zero-order chi connectivity index (χ0) is 31.9. The van der Waals surface area contributed by atoms with Gasteiger partial charge in [0, 0.05) is 27.8 Å². The summed E-state index contributed by atoms with van der Waals surface area (Å²) in [6.45, 7) is 0. The Bertz CT molecular complexity index is 2520. The van der Waals surface area contributed by atoms with E-state index in [0.29, 0.717) is 0 Å². The molecule has 9 aromatic rings. The number of rotatable bonds is 6. The minimum Gasteiger partial charge on any atom is -0.456 e. The average molecular weight is 614 g/mol. The van der Waals surface area contributed by atoms with Gasteiger partial charge in [0.05, 0.1) is 0 Å². The normalized spacial score (nSPS) is 11.3. The monoisotopic (exact) mass is 613 g/mol. The molecular weight excluding hydrogens is 583 g/mol. The van der Waals surface area contributed by atoms with Gasteiger partial charge in [-0.1, -0.05) is 133 Å². The van der Waals surface area contributed by atoms with E-state index < -0.39 is 0 Å². The molecule has 2 heteroatoms. The molecule has 0 fully saturated rings. The van der Waals surface area contributed by atoms with E-state index in [1.165, 1.54) is 33.0 Å². The second kappa shape index (κ2) is 11.8. The molecule has 2 nitrogen and oxygen atoms in total. The molecular formula is C46H31NO. The highest BCUT2D eigenvalue weighted by Crippen LogP contribution is 2.42. The summed E-state index contributed by atoms with van der Waals surface area (Å²) in [5.41, 5.74) is 12.3. The Morgan fingerprint density at radius 2 is 0.792 bits per heavy atom. The van der Waals surface area contributed by atoms with Crippen molar-refractivity contribution >= 4 is 49.8 Å². The van der Waals surface area contributed by atoms with E-state index in [0.717, 1.165) is 50.1 Å². The molecule has 0 N–H and O–H groups in total. The van der Waals surface area contributed by atoms with E-state index in [4.69, 9.17) is 4.42 Å². The maximum absolute atomic E-state index is 6.49. The molecule has 9 rings (SSSR count). The van der Waals surface area contributed by atoms with Gasteiger partial charge in [0.15, 0.2) is 0 Å². The average Bonchev–Trinajstić information content (AvgIpc) is 3.54. The molecule has 1 heterocycles. The van der Waals surface area contributed by atoms with Crippen molar-refractivity contribution in [1.29, 1.82) is 0 Å². The lowest BCUT2D eigenvalue weighted by Gasteiger charge is -2.26. The third-order valence-electron chi connectivity index (χ3n) is 9.27. The Balaban J connectivity index is 1.11. The Hall–Kier alpha value is -6.38. The molecule has 0 aliphatic carbocycles. The topological polar surface area (TPSA) is 16.4 Å². The van der Waals surface area contributed by atoms with Gasteiger partial charge in [-0.05, 0) is 98.8 Å². The van der Waals surface area contributed by atoms with Crippen LogP contribution in [0.15, 0.2) is 192 Å². The third kappa shape index (κ3) is 4.92. The number of benzene rings is 8. The molecule has 0 radical (unpaired) electrons. The fourth-order valence-electron chi connectivity index (χ4n) is 6.94. The highest BCUT2D eigenvalue weighted by atomic mass is 16.3. The van der Waals surface area contributed by atoms with Crippen molar-refractivity contribution in [3.8, 4) is 33.4 Å². The van der Waals surface area contributed by atoms with Crippen molar-refractivity contribution in [3.05, 3.63) is 188 Å². The van der Waals surface area contributed by atoms with E-state index in [9.17, 15) is 0 Å². The first-order valence-electron chi connectivity index (χ1n) is 16.3. The van der Waals surface area contributed by atoms with Crippen LogP contribution in [0.25, 0.3) is 66.1 Å². The number of furan rings is 1. The Morgan fingerprint density at radius 1 is 0.312 bits per heavy atom. The van der Waals surface area contributed by atoms with Gasteiger partial charge in [-0.15, -0.1) is 0 Å². The quantitative estimate of drug-likeness (QED) is 0.185.